The van der Waals surface area contributed by atoms with Crippen LogP contribution in [0, 0.1) is 0 Å². The van der Waals surface area contributed by atoms with Crippen molar-refractivity contribution in [3.05, 3.63) is 18.0 Å². The first-order valence-corrected chi connectivity index (χ1v) is 7.36. The predicted molar refractivity (Wildman–Crippen MR) is 76.0 cm³/mol. The molecule has 1 aromatic heterocycles. The number of nitrogens with zero attached hydrogens (tertiary/aromatic N) is 2. The van der Waals surface area contributed by atoms with E-state index in [0.29, 0.717) is 6.04 Å². The van der Waals surface area contributed by atoms with Crippen molar-refractivity contribution in [1.82, 2.24) is 15.1 Å². The van der Waals surface area contributed by atoms with Crippen molar-refractivity contribution in [2.24, 2.45) is 0 Å². The number of aromatic nitrogens is 2. The minimum absolute atomic E-state index is 0.0707. The summed E-state index contributed by atoms with van der Waals surface area (Å²) in [5.74, 6) is 0. The number of nitrogens with one attached hydrogen (secondary N) is 1. The molecule has 0 bridgehead atoms. The first-order chi connectivity index (χ1) is 8.49. The van der Waals surface area contributed by atoms with E-state index >= 15 is 0 Å². The second kappa shape index (κ2) is 5.62. The fourth-order valence-corrected chi connectivity index (χ4v) is 2.38. The van der Waals surface area contributed by atoms with E-state index in [1.165, 1.54) is 25.7 Å². The number of hydrogen-bond donors (Lipinski definition) is 1. The normalized spacial score (nSPS) is 19.3. The molecular formula is C14H24ClN3. The maximum Gasteiger partial charge on any atom is 0.0762 e. The molecule has 1 unspecified atom stereocenters. The summed E-state index contributed by atoms with van der Waals surface area (Å²) in [6, 6.07) is 2.74. The molecule has 102 valence electrons. The molecule has 0 amide bonds. The van der Waals surface area contributed by atoms with Gasteiger partial charge in [0, 0.05) is 23.7 Å². The van der Waals surface area contributed by atoms with E-state index in [1.54, 1.807) is 0 Å². The zero-order chi connectivity index (χ0) is 13.2. The Balaban J connectivity index is 1.90. The molecule has 2 rings (SSSR count). The van der Waals surface area contributed by atoms with Gasteiger partial charge in [-0.15, -0.1) is 11.6 Å². The Morgan fingerprint density at radius 3 is 2.78 bits per heavy atom. The molecule has 1 aromatic rings. The van der Waals surface area contributed by atoms with E-state index in [0.717, 1.165) is 12.2 Å². The number of hydrogen-bond acceptors (Lipinski definition) is 2. The minimum Gasteiger partial charge on any atom is -0.305 e. The van der Waals surface area contributed by atoms with Crippen LogP contribution in [0.25, 0.3) is 0 Å². The van der Waals surface area contributed by atoms with Gasteiger partial charge in [0.25, 0.3) is 0 Å². The van der Waals surface area contributed by atoms with Gasteiger partial charge >= 0.3 is 0 Å². The molecule has 18 heavy (non-hydrogen) atoms. The Hall–Kier alpha value is -0.540. The average Bonchev–Trinajstić information content (AvgIpc) is 2.97. The largest absolute Gasteiger partial charge is 0.305 e. The molecule has 3 nitrogen and oxygen atoms in total. The van der Waals surface area contributed by atoms with Crippen molar-refractivity contribution in [2.75, 3.05) is 0 Å². The number of rotatable bonds is 5. The van der Waals surface area contributed by atoms with Gasteiger partial charge in [-0.1, -0.05) is 12.8 Å². The summed E-state index contributed by atoms with van der Waals surface area (Å²) in [6.07, 6.45) is 7.35. The van der Waals surface area contributed by atoms with E-state index in [2.05, 4.69) is 41.2 Å². The molecule has 0 aromatic carbocycles. The number of halogens is 1. The van der Waals surface area contributed by atoms with Crippen LogP contribution in [-0.2, 0) is 6.54 Å². The third-order valence-electron chi connectivity index (χ3n) is 4.08. The van der Waals surface area contributed by atoms with Crippen molar-refractivity contribution in [3.8, 4) is 0 Å². The van der Waals surface area contributed by atoms with E-state index < -0.39 is 0 Å². The van der Waals surface area contributed by atoms with E-state index in [9.17, 15) is 0 Å². The fraction of sp³-hybridized carbons (Fsp3) is 0.786. The molecule has 1 saturated carbocycles. The summed E-state index contributed by atoms with van der Waals surface area (Å²) >= 11 is 6.16. The number of alkyl halides is 1. The molecule has 1 N–H and O–H groups in total. The Kier molecular flexibility index (Phi) is 4.33. The third-order valence-corrected chi connectivity index (χ3v) is 4.63. The smallest absolute Gasteiger partial charge is 0.0762 e. The van der Waals surface area contributed by atoms with Gasteiger partial charge < -0.3 is 5.32 Å². The van der Waals surface area contributed by atoms with Gasteiger partial charge in [0.1, 0.15) is 0 Å². The van der Waals surface area contributed by atoms with Crippen molar-refractivity contribution in [3.63, 3.8) is 0 Å². The van der Waals surface area contributed by atoms with Crippen molar-refractivity contribution in [1.29, 1.82) is 0 Å². The van der Waals surface area contributed by atoms with Gasteiger partial charge in [-0.2, -0.15) is 5.10 Å². The maximum absolute atomic E-state index is 6.16. The predicted octanol–water partition coefficient (Wildman–Crippen LogP) is 3.49. The van der Waals surface area contributed by atoms with Crippen LogP contribution in [0.15, 0.2) is 12.3 Å². The van der Waals surface area contributed by atoms with Crippen LogP contribution in [0.1, 0.15) is 58.2 Å². The van der Waals surface area contributed by atoms with Crippen molar-refractivity contribution in [2.45, 2.75) is 70.0 Å². The molecule has 1 atom stereocenters. The van der Waals surface area contributed by atoms with Gasteiger partial charge in [-0.05, 0) is 39.7 Å². The van der Waals surface area contributed by atoms with Crippen LogP contribution < -0.4 is 5.32 Å². The van der Waals surface area contributed by atoms with Gasteiger partial charge in [-0.3, -0.25) is 4.68 Å². The summed E-state index contributed by atoms with van der Waals surface area (Å²) in [5, 5.41) is 8.23. The van der Waals surface area contributed by atoms with E-state index in [1.807, 2.05) is 6.92 Å². The SMILES string of the molecule is CC(Cl)C(C)(C)NCc1ccn(C2CCCC2)n1. The highest BCUT2D eigenvalue weighted by Crippen LogP contribution is 2.28. The van der Waals surface area contributed by atoms with Crippen LogP contribution in [0.2, 0.25) is 0 Å². The second-order valence-corrected chi connectivity index (χ2v) is 6.57. The Labute approximate surface area is 115 Å². The minimum atomic E-state index is -0.0707. The monoisotopic (exact) mass is 269 g/mol. The summed E-state index contributed by atoms with van der Waals surface area (Å²) in [7, 11) is 0. The molecule has 1 aliphatic rings. The van der Waals surface area contributed by atoms with Crippen LogP contribution in [0.3, 0.4) is 0 Å². The Morgan fingerprint density at radius 2 is 2.17 bits per heavy atom. The topological polar surface area (TPSA) is 29.9 Å². The average molecular weight is 270 g/mol. The summed E-state index contributed by atoms with van der Waals surface area (Å²) in [4.78, 5) is 0. The Bertz CT molecular complexity index is 378. The lowest BCUT2D eigenvalue weighted by Crippen LogP contribution is -2.45. The fourth-order valence-electron chi connectivity index (χ4n) is 2.30. The zero-order valence-electron chi connectivity index (χ0n) is 11.6. The standard InChI is InChI=1S/C14H24ClN3/c1-11(15)14(2,3)16-10-12-8-9-18(17-12)13-6-4-5-7-13/h8-9,11,13,16H,4-7,10H2,1-3H3. The van der Waals surface area contributed by atoms with Crippen LogP contribution >= 0.6 is 11.6 Å². The summed E-state index contributed by atoms with van der Waals surface area (Å²) in [6.45, 7) is 7.05. The van der Waals surface area contributed by atoms with Gasteiger partial charge in [0.2, 0.25) is 0 Å². The summed E-state index contributed by atoms with van der Waals surface area (Å²) < 4.78 is 2.14. The summed E-state index contributed by atoms with van der Waals surface area (Å²) in [5.41, 5.74) is 1.03. The zero-order valence-corrected chi connectivity index (χ0v) is 12.4. The molecular weight excluding hydrogens is 246 g/mol. The molecule has 1 heterocycles. The lowest BCUT2D eigenvalue weighted by Gasteiger charge is -2.28. The van der Waals surface area contributed by atoms with Gasteiger partial charge in [0.15, 0.2) is 0 Å². The second-order valence-electron chi connectivity index (χ2n) is 5.92. The van der Waals surface area contributed by atoms with E-state index in [4.69, 9.17) is 11.6 Å². The molecule has 0 spiro atoms. The molecule has 4 heteroatoms. The lowest BCUT2D eigenvalue weighted by atomic mass is 10.0. The lowest BCUT2D eigenvalue weighted by molar-refractivity contribution is 0.374. The molecule has 0 radical (unpaired) electrons. The molecule has 1 fully saturated rings. The molecule has 0 saturated heterocycles. The quantitative estimate of drug-likeness (QED) is 0.830. The Morgan fingerprint density at radius 1 is 1.50 bits per heavy atom. The first kappa shape index (κ1) is 13.9. The highest BCUT2D eigenvalue weighted by molar-refractivity contribution is 6.21. The molecule has 0 aliphatic heterocycles. The maximum atomic E-state index is 6.16. The van der Waals surface area contributed by atoms with Crippen LogP contribution in [0.4, 0.5) is 0 Å². The van der Waals surface area contributed by atoms with Crippen molar-refractivity contribution < 1.29 is 0 Å². The highest BCUT2D eigenvalue weighted by Gasteiger charge is 2.23. The third kappa shape index (κ3) is 3.27. The van der Waals surface area contributed by atoms with Gasteiger partial charge in [0.05, 0.1) is 11.7 Å². The van der Waals surface area contributed by atoms with Gasteiger partial charge in [-0.25, -0.2) is 0 Å². The van der Waals surface area contributed by atoms with E-state index in [-0.39, 0.29) is 10.9 Å². The van der Waals surface area contributed by atoms with Crippen LogP contribution in [0.5, 0.6) is 0 Å². The van der Waals surface area contributed by atoms with Crippen molar-refractivity contribution >= 4 is 11.6 Å². The first-order valence-electron chi connectivity index (χ1n) is 6.92. The molecule has 1 aliphatic carbocycles. The highest BCUT2D eigenvalue weighted by atomic mass is 35.5. The van der Waals surface area contributed by atoms with Crippen LogP contribution in [-0.4, -0.2) is 20.7 Å².